The molecule has 0 atom stereocenters. The average molecular weight is 1380 g/mol. The van der Waals surface area contributed by atoms with Gasteiger partial charge < -0.3 is 45.7 Å². The van der Waals surface area contributed by atoms with Crippen LogP contribution in [-0.2, 0) is 38.8 Å². The molecule has 3 amide bonds. The number of carbonyl (C=O) groups is 5. The minimum absolute atomic E-state index is 0.199. The number of fused-ring (bicyclic) bond motifs is 5. The minimum atomic E-state index is -0.946. The van der Waals surface area contributed by atoms with Gasteiger partial charge in [-0.15, -0.1) is 0 Å². The number of aromatic nitrogens is 3. The van der Waals surface area contributed by atoms with Gasteiger partial charge in [-0.05, 0) is 180 Å². The monoisotopic (exact) mass is 1380 g/mol. The first-order valence-corrected chi connectivity index (χ1v) is 33.5. The summed E-state index contributed by atoms with van der Waals surface area (Å²) in [5.41, 5.74) is 20.3. The predicted molar refractivity (Wildman–Crippen MR) is 401 cm³/mol. The number of hydrogen-bond donors (Lipinski definition) is 5. The Morgan fingerprint density at radius 2 is 0.824 bits per heavy atom. The van der Waals surface area contributed by atoms with E-state index in [2.05, 4.69) is 77.1 Å². The number of nitrogens with zero attached hydrogens (tertiary/aromatic N) is 5. The van der Waals surface area contributed by atoms with Crippen LogP contribution in [0.5, 0.6) is 23.0 Å². The van der Waals surface area contributed by atoms with Gasteiger partial charge in [-0.2, -0.15) is 0 Å². The third-order valence-electron chi connectivity index (χ3n) is 17.6. The smallest absolute Gasteiger partial charge is 0.337 e. The Balaban J connectivity index is 0.000000155. The fourth-order valence-electron chi connectivity index (χ4n) is 12.0. The molecule has 19 nitrogen and oxygen atoms in total. The van der Waals surface area contributed by atoms with E-state index in [1.807, 2.05) is 115 Å². The average Bonchev–Trinajstić information content (AvgIpc) is 0.813. The van der Waals surface area contributed by atoms with Gasteiger partial charge >= 0.3 is 5.97 Å². The number of para-hydroxylation sites is 5. The van der Waals surface area contributed by atoms with E-state index in [4.69, 9.17) is 41.4 Å². The van der Waals surface area contributed by atoms with Crippen molar-refractivity contribution < 1.29 is 48.0 Å². The maximum atomic E-state index is 13.2. The number of nitrogen functional groups attached to an aromatic ring is 1. The van der Waals surface area contributed by atoms with E-state index in [1.165, 1.54) is 45.8 Å². The standard InChI is InChI=1S/C36H34N4O4.C26H29N3O3.C10H6ClNO.C10H7NO2/c1-43-33-20-25-16-18-40(23-28(25)21-34(33)44-2)17-15-24-11-13-29(14-12-24)38-36(42)30-8-4-6-10-32(30)39-35(41)27-19-26-7-3-5-9-31(26)37-22-27;1-31-24-15-19-12-14-29(17-20(19)16-25(24)32-2)13-11-18-7-9-21(10-8-18)28-26(30)22-5-3-4-6-23(22)27;11-10(13)8-5-7-3-1-2-4-9(7)12-6-8;12-10(13)8-5-7-3-1-2-4-9(7)11-6-8/h3-14,19-22H,15-18,23H2,1-2H3,(H,38,42)(H,39,41);3-10,15-16H,11-14,17,27H2,1-2H3,(H,28,30);1-6H;1-6H,(H,12,13). The van der Waals surface area contributed by atoms with Gasteiger partial charge in [0.05, 0.1) is 78.5 Å². The van der Waals surface area contributed by atoms with Gasteiger partial charge in [0.15, 0.2) is 23.0 Å². The molecule has 0 radical (unpaired) electrons. The Labute approximate surface area is 595 Å². The van der Waals surface area contributed by atoms with Gasteiger partial charge in [-0.1, -0.05) is 103 Å². The van der Waals surface area contributed by atoms with Crippen LogP contribution in [0, 0.1) is 0 Å². The van der Waals surface area contributed by atoms with Gasteiger partial charge in [-0.3, -0.25) is 43.9 Å². The second-order valence-electron chi connectivity index (χ2n) is 24.2. The molecule has 516 valence electrons. The van der Waals surface area contributed by atoms with Crippen LogP contribution < -0.4 is 40.6 Å². The van der Waals surface area contributed by atoms with Gasteiger partial charge in [0.1, 0.15) is 0 Å². The molecule has 6 N–H and O–H groups in total. The van der Waals surface area contributed by atoms with Crippen molar-refractivity contribution in [2.24, 2.45) is 0 Å². The Hall–Kier alpha value is -12.0. The van der Waals surface area contributed by atoms with Crippen molar-refractivity contribution in [1.82, 2.24) is 24.8 Å². The lowest BCUT2D eigenvalue weighted by Crippen LogP contribution is -2.32. The fourth-order valence-corrected chi connectivity index (χ4v) is 12.1. The molecule has 5 heterocycles. The SMILES string of the molecule is COc1cc2c(cc1OC)CN(CCc1ccc(NC(=O)c3ccccc3N)cc1)CC2.COc1cc2c(cc1OC)CN(CCc1ccc(NC(=O)c3ccccc3NC(=O)c3cnc4ccccc4c3)cc1)CC2.O=C(Cl)c1cnc2ccccc2c1.O=C(O)c1cnc2ccccc2c1. The summed E-state index contributed by atoms with van der Waals surface area (Å²) in [4.78, 5) is 77.5. The van der Waals surface area contributed by atoms with E-state index in [1.54, 1.807) is 95.3 Å². The van der Waals surface area contributed by atoms with E-state index in [0.717, 1.165) is 126 Å². The number of hydrogen-bond acceptors (Lipinski definition) is 15. The summed E-state index contributed by atoms with van der Waals surface area (Å²) in [7, 11) is 6.68. The molecule has 2 aliphatic heterocycles. The molecule has 0 saturated carbocycles. The van der Waals surface area contributed by atoms with Gasteiger partial charge in [0.25, 0.3) is 23.0 Å². The lowest BCUT2D eigenvalue weighted by atomic mass is 9.98. The van der Waals surface area contributed by atoms with Crippen molar-refractivity contribution in [3.05, 3.63) is 292 Å². The highest BCUT2D eigenvalue weighted by atomic mass is 35.5. The summed E-state index contributed by atoms with van der Waals surface area (Å²) in [6.07, 6.45) is 8.21. The summed E-state index contributed by atoms with van der Waals surface area (Å²) in [6.45, 7) is 5.69. The van der Waals surface area contributed by atoms with E-state index in [9.17, 15) is 24.0 Å². The molecular formula is C82H76ClN9O10. The van der Waals surface area contributed by atoms with Crippen molar-refractivity contribution in [3.8, 4) is 23.0 Å². The molecule has 102 heavy (non-hydrogen) atoms. The molecule has 0 spiro atoms. The summed E-state index contributed by atoms with van der Waals surface area (Å²) in [5, 5.41) is 19.6. The third kappa shape index (κ3) is 18.4. The van der Waals surface area contributed by atoms with E-state index in [-0.39, 0.29) is 23.3 Å². The van der Waals surface area contributed by atoms with Crippen LogP contribution in [0.25, 0.3) is 32.7 Å². The second-order valence-corrected chi connectivity index (χ2v) is 24.6. The third-order valence-corrected chi connectivity index (χ3v) is 17.8. The zero-order valence-corrected chi connectivity index (χ0v) is 57.6. The number of ether oxygens (including phenoxy) is 4. The number of halogens is 1. The first-order valence-electron chi connectivity index (χ1n) is 33.1. The molecule has 12 aromatic rings. The number of amides is 3. The summed E-state index contributed by atoms with van der Waals surface area (Å²) in [5.74, 6) is 1.34. The van der Waals surface area contributed by atoms with Crippen molar-refractivity contribution >= 4 is 96.0 Å². The minimum Gasteiger partial charge on any atom is -0.493 e. The number of rotatable bonds is 18. The number of methoxy groups -OCH3 is 4. The van der Waals surface area contributed by atoms with E-state index in [0.29, 0.717) is 39.3 Å². The second kappa shape index (κ2) is 34.2. The number of benzene rings is 9. The zero-order valence-electron chi connectivity index (χ0n) is 56.8. The number of carboxylic acid groups (broad SMARTS) is 1. The maximum Gasteiger partial charge on any atom is 0.337 e. The zero-order chi connectivity index (χ0) is 71.5. The number of carboxylic acids is 1. The van der Waals surface area contributed by atoms with Crippen molar-refractivity contribution in [1.29, 1.82) is 0 Å². The topological polar surface area (TPSA) is 250 Å². The van der Waals surface area contributed by atoms with Crippen LogP contribution in [0.15, 0.2) is 231 Å². The van der Waals surface area contributed by atoms with Crippen LogP contribution >= 0.6 is 11.6 Å². The van der Waals surface area contributed by atoms with Gasteiger partial charge in [0, 0.05) is 91.1 Å². The Morgan fingerprint density at radius 3 is 1.27 bits per heavy atom. The molecular weight excluding hydrogens is 1310 g/mol. The van der Waals surface area contributed by atoms with Gasteiger partial charge in [0.2, 0.25) is 0 Å². The number of carbonyl (C=O) groups excluding carboxylic acids is 4. The highest BCUT2D eigenvalue weighted by Crippen LogP contribution is 2.35. The predicted octanol–water partition coefficient (Wildman–Crippen LogP) is 15.0. The van der Waals surface area contributed by atoms with Crippen LogP contribution in [0.4, 0.5) is 22.7 Å². The molecule has 2 aliphatic rings. The molecule has 0 saturated heterocycles. The van der Waals surface area contributed by atoms with Crippen LogP contribution in [0.1, 0.15) is 85.2 Å². The van der Waals surface area contributed by atoms with Gasteiger partial charge in [-0.25, -0.2) is 4.79 Å². The molecule has 20 heteroatoms. The molecule has 9 aromatic carbocycles. The number of pyridine rings is 3. The van der Waals surface area contributed by atoms with Crippen LogP contribution in [0.2, 0.25) is 0 Å². The van der Waals surface area contributed by atoms with Crippen molar-refractivity contribution in [3.63, 3.8) is 0 Å². The van der Waals surface area contributed by atoms with Crippen LogP contribution in [0.3, 0.4) is 0 Å². The Kier molecular flexibility index (Phi) is 23.9. The number of aromatic carboxylic acids is 1. The number of nitrogens with two attached hydrogens (primary N) is 1. The summed E-state index contributed by atoms with van der Waals surface area (Å²) < 4.78 is 21.8. The molecule has 0 bridgehead atoms. The Bertz CT molecular complexity index is 4910. The van der Waals surface area contributed by atoms with Crippen molar-refractivity contribution in [2.45, 2.75) is 38.8 Å². The summed E-state index contributed by atoms with van der Waals surface area (Å²) >= 11 is 5.32. The highest BCUT2D eigenvalue weighted by Gasteiger charge is 2.22. The lowest BCUT2D eigenvalue weighted by Gasteiger charge is -2.29. The maximum absolute atomic E-state index is 13.2. The normalized spacial score (nSPS) is 12.3. The first-order chi connectivity index (χ1) is 49.6. The van der Waals surface area contributed by atoms with E-state index < -0.39 is 11.2 Å². The van der Waals surface area contributed by atoms with E-state index >= 15 is 0 Å². The molecule has 3 aromatic heterocycles. The first kappa shape index (κ1) is 71.3. The molecule has 14 rings (SSSR count). The number of anilines is 4. The molecule has 0 aliphatic carbocycles. The number of nitrogens with one attached hydrogen (secondary N) is 3. The largest absolute Gasteiger partial charge is 0.493 e. The highest BCUT2D eigenvalue weighted by molar-refractivity contribution is 6.67. The summed E-state index contributed by atoms with van der Waals surface area (Å²) in [6, 6.07) is 66.1. The molecule has 0 unspecified atom stereocenters. The molecule has 0 fully saturated rings. The Morgan fingerprint density at radius 1 is 0.441 bits per heavy atom. The quantitative estimate of drug-likeness (QED) is 0.0396. The van der Waals surface area contributed by atoms with Crippen molar-refractivity contribution in [2.75, 3.05) is 76.3 Å². The lowest BCUT2D eigenvalue weighted by molar-refractivity contribution is 0.0695. The fraction of sp³-hybridized carbons (Fsp3) is 0.171. The van der Waals surface area contributed by atoms with Crippen LogP contribution in [-0.4, -0.2) is 113 Å².